The van der Waals surface area contributed by atoms with E-state index in [9.17, 15) is 4.79 Å². The first-order chi connectivity index (χ1) is 12.1. The molecule has 2 aromatic heterocycles. The van der Waals surface area contributed by atoms with Gasteiger partial charge >= 0.3 is 0 Å². The zero-order chi connectivity index (χ0) is 17.6. The number of hydrogen-bond acceptors (Lipinski definition) is 4. The first-order valence-corrected chi connectivity index (χ1v) is 8.52. The second kappa shape index (κ2) is 6.16. The number of carbonyl (C=O) groups excluding carboxylic acids is 1. The van der Waals surface area contributed by atoms with E-state index in [1.54, 1.807) is 40.2 Å². The van der Waals surface area contributed by atoms with Crippen molar-refractivity contribution in [2.24, 2.45) is 0 Å². The maximum Gasteiger partial charge on any atom is 0.255 e. The van der Waals surface area contributed by atoms with Gasteiger partial charge < -0.3 is 9.88 Å². The summed E-state index contributed by atoms with van der Waals surface area (Å²) in [6, 6.07) is 4.83. The molecule has 0 saturated carbocycles. The van der Waals surface area contributed by atoms with Gasteiger partial charge in [0.15, 0.2) is 0 Å². The number of rotatable bonds is 2. The maximum atomic E-state index is 12.9. The largest absolute Gasteiger partial charge is 0.330 e. The molecule has 1 amide bonds. The van der Waals surface area contributed by atoms with Crippen molar-refractivity contribution in [3.63, 3.8) is 0 Å². The first kappa shape index (κ1) is 16.1. The number of H-pyrrole nitrogens is 1. The van der Waals surface area contributed by atoms with Gasteiger partial charge in [-0.25, -0.2) is 4.98 Å². The Morgan fingerprint density at radius 2 is 2.20 bits per heavy atom. The standard InChI is InChI=1S/C16H14Cl2N6O/c1-9-14-12(24(22-21-14)16-19-6-7-20-16)5-8-23(9)15(25)10-3-2-4-11(17)13(10)18/h2-4,6-7,9H,5,8H2,1H3,(H,19,20). The Bertz CT molecular complexity index is 936. The summed E-state index contributed by atoms with van der Waals surface area (Å²) in [6.07, 6.45) is 4.01. The first-order valence-electron chi connectivity index (χ1n) is 7.77. The zero-order valence-corrected chi connectivity index (χ0v) is 14.8. The van der Waals surface area contributed by atoms with Gasteiger partial charge in [-0.2, -0.15) is 4.68 Å². The molecule has 3 heterocycles. The van der Waals surface area contributed by atoms with Crippen molar-refractivity contribution in [2.45, 2.75) is 19.4 Å². The van der Waals surface area contributed by atoms with Crippen LogP contribution in [0.15, 0.2) is 30.6 Å². The fraction of sp³-hybridized carbons (Fsp3) is 0.250. The van der Waals surface area contributed by atoms with E-state index < -0.39 is 0 Å². The Labute approximate surface area is 153 Å². The average molecular weight is 377 g/mol. The highest BCUT2D eigenvalue weighted by Gasteiger charge is 2.33. The lowest BCUT2D eigenvalue weighted by atomic mass is 10.0. The number of fused-ring (bicyclic) bond motifs is 1. The summed E-state index contributed by atoms with van der Waals surface area (Å²) in [5.41, 5.74) is 2.10. The third-order valence-electron chi connectivity index (χ3n) is 4.37. The van der Waals surface area contributed by atoms with Crippen molar-refractivity contribution in [1.82, 2.24) is 29.9 Å². The van der Waals surface area contributed by atoms with Crippen LogP contribution in [0.2, 0.25) is 10.0 Å². The van der Waals surface area contributed by atoms with Crippen LogP contribution < -0.4 is 0 Å². The molecule has 1 aromatic carbocycles. The molecule has 0 spiro atoms. The van der Waals surface area contributed by atoms with E-state index in [0.717, 1.165) is 11.4 Å². The van der Waals surface area contributed by atoms with Crippen LogP contribution in [0.3, 0.4) is 0 Å². The van der Waals surface area contributed by atoms with E-state index in [1.807, 2.05) is 6.92 Å². The molecule has 7 nitrogen and oxygen atoms in total. The van der Waals surface area contributed by atoms with Gasteiger partial charge in [-0.05, 0) is 19.1 Å². The van der Waals surface area contributed by atoms with E-state index in [4.69, 9.17) is 23.2 Å². The molecule has 1 unspecified atom stereocenters. The number of benzene rings is 1. The molecule has 9 heteroatoms. The highest BCUT2D eigenvalue weighted by Crippen LogP contribution is 2.32. The monoisotopic (exact) mass is 376 g/mol. The van der Waals surface area contributed by atoms with E-state index in [-0.39, 0.29) is 17.0 Å². The Balaban J connectivity index is 1.67. The SMILES string of the molecule is CC1c2nnn(-c3ncc[nH]3)c2CCN1C(=O)c1cccc(Cl)c1Cl. The van der Waals surface area contributed by atoms with Crippen LogP contribution in [0.1, 0.15) is 34.7 Å². The van der Waals surface area contributed by atoms with Gasteiger partial charge in [-0.15, -0.1) is 5.10 Å². The molecule has 0 radical (unpaired) electrons. The van der Waals surface area contributed by atoms with Crippen LogP contribution in [0.5, 0.6) is 0 Å². The van der Waals surface area contributed by atoms with Crippen LogP contribution in [0, 0.1) is 0 Å². The molecule has 128 valence electrons. The molecule has 1 aliphatic rings. The molecule has 1 aliphatic heterocycles. The van der Waals surface area contributed by atoms with Crippen LogP contribution in [-0.2, 0) is 6.42 Å². The minimum absolute atomic E-state index is 0.168. The molecule has 0 aliphatic carbocycles. The number of aromatic amines is 1. The predicted molar refractivity (Wildman–Crippen MR) is 93.1 cm³/mol. The highest BCUT2D eigenvalue weighted by molar-refractivity contribution is 6.43. The van der Waals surface area contributed by atoms with Crippen LogP contribution in [0.4, 0.5) is 0 Å². The molecule has 1 atom stereocenters. The van der Waals surface area contributed by atoms with Gasteiger partial charge in [-0.1, -0.05) is 34.5 Å². The van der Waals surface area contributed by atoms with Crippen molar-refractivity contribution in [2.75, 3.05) is 6.54 Å². The predicted octanol–water partition coefficient (Wildman–Crippen LogP) is 3.06. The van der Waals surface area contributed by atoms with Gasteiger partial charge in [0.05, 0.1) is 27.3 Å². The van der Waals surface area contributed by atoms with Crippen molar-refractivity contribution < 1.29 is 4.79 Å². The summed E-state index contributed by atoms with van der Waals surface area (Å²) in [6.45, 7) is 2.46. The molecular weight excluding hydrogens is 363 g/mol. The quantitative estimate of drug-likeness (QED) is 0.745. The summed E-state index contributed by atoms with van der Waals surface area (Å²) in [5.74, 6) is 0.441. The van der Waals surface area contributed by atoms with Crippen molar-refractivity contribution in [1.29, 1.82) is 0 Å². The van der Waals surface area contributed by atoms with Gasteiger partial charge in [0.2, 0.25) is 5.95 Å². The summed E-state index contributed by atoms with van der Waals surface area (Å²) in [7, 11) is 0. The second-order valence-electron chi connectivity index (χ2n) is 5.77. The zero-order valence-electron chi connectivity index (χ0n) is 13.3. The minimum atomic E-state index is -0.227. The molecule has 4 rings (SSSR count). The Hall–Kier alpha value is -2.38. The van der Waals surface area contributed by atoms with E-state index in [1.165, 1.54) is 0 Å². The van der Waals surface area contributed by atoms with Crippen LogP contribution in [-0.4, -0.2) is 42.3 Å². The fourth-order valence-electron chi connectivity index (χ4n) is 3.08. The molecule has 0 fully saturated rings. The number of hydrogen-bond donors (Lipinski definition) is 1. The van der Waals surface area contributed by atoms with Gasteiger partial charge in [0, 0.05) is 25.4 Å². The minimum Gasteiger partial charge on any atom is -0.330 e. The van der Waals surface area contributed by atoms with Gasteiger partial charge in [0.1, 0.15) is 5.69 Å². The molecular formula is C16H14Cl2N6O. The average Bonchev–Trinajstić information content (AvgIpc) is 3.26. The van der Waals surface area contributed by atoms with E-state index in [2.05, 4.69) is 20.3 Å². The number of aromatic nitrogens is 5. The van der Waals surface area contributed by atoms with Crippen molar-refractivity contribution in [3.8, 4) is 5.95 Å². The summed E-state index contributed by atoms with van der Waals surface area (Å²) in [5, 5.41) is 9.07. The Kier molecular flexibility index (Phi) is 3.97. The molecule has 25 heavy (non-hydrogen) atoms. The lowest BCUT2D eigenvalue weighted by Crippen LogP contribution is -2.39. The topological polar surface area (TPSA) is 79.7 Å². The molecule has 1 N–H and O–H groups in total. The molecule has 0 bridgehead atoms. The summed E-state index contributed by atoms with van der Waals surface area (Å²) in [4.78, 5) is 21.9. The third-order valence-corrected chi connectivity index (χ3v) is 5.19. The van der Waals surface area contributed by atoms with Crippen molar-refractivity contribution in [3.05, 3.63) is 57.6 Å². The van der Waals surface area contributed by atoms with Crippen LogP contribution in [0.25, 0.3) is 5.95 Å². The lowest BCUT2D eigenvalue weighted by Gasteiger charge is -2.32. The fourth-order valence-corrected chi connectivity index (χ4v) is 3.46. The lowest BCUT2D eigenvalue weighted by molar-refractivity contribution is 0.0672. The van der Waals surface area contributed by atoms with Crippen molar-refractivity contribution >= 4 is 29.1 Å². The smallest absolute Gasteiger partial charge is 0.255 e. The number of nitrogens with zero attached hydrogens (tertiary/aromatic N) is 5. The Morgan fingerprint density at radius 3 is 2.96 bits per heavy atom. The Morgan fingerprint density at radius 1 is 1.36 bits per heavy atom. The molecule has 3 aromatic rings. The summed E-state index contributed by atoms with van der Waals surface area (Å²) >= 11 is 12.2. The number of carbonyl (C=O) groups is 1. The number of halogens is 2. The van der Waals surface area contributed by atoms with Gasteiger partial charge in [-0.3, -0.25) is 4.79 Å². The van der Waals surface area contributed by atoms with E-state index >= 15 is 0 Å². The highest BCUT2D eigenvalue weighted by atomic mass is 35.5. The molecule has 0 saturated heterocycles. The normalized spacial score (nSPS) is 16.8. The second-order valence-corrected chi connectivity index (χ2v) is 6.56. The number of imidazole rings is 1. The number of amides is 1. The van der Waals surface area contributed by atoms with Crippen LogP contribution >= 0.6 is 23.2 Å². The maximum absolute atomic E-state index is 12.9. The summed E-state index contributed by atoms with van der Waals surface area (Å²) < 4.78 is 1.68. The van der Waals surface area contributed by atoms with Gasteiger partial charge in [0.25, 0.3) is 5.91 Å². The van der Waals surface area contributed by atoms with E-state index in [0.29, 0.717) is 29.5 Å². The third kappa shape index (κ3) is 2.60. The number of nitrogens with one attached hydrogen (secondary N) is 1.